The zero-order chi connectivity index (χ0) is 21.7. The predicted octanol–water partition coefficient (Wildman–Crippen LogP) is 1.69. The van der Waals surface area contributed by atoms with E-state index >= 15 is 0 Å². The van der Waals surface area contributed by atoms with Gasteiger partial charge in [0.05, 0.1) is 5.60 Å². The molecule has 0 aliphatic heterocycles. The van der Waals surface area contributed by atoms with Crippen LogP contribution in [-0.4, -0.2) is 22.6 Å². The van der Waals surface area contributed by atoms with E-state index in [1.54, 1.807) is 20.8 Å². The topological polar surface area (TPSA) is 154 Å². The molecule has 156 valence electrons. The van der Waals surface area contributed by atoms with E-state index in [2.05, 4.69) is 15.7 Å². The molecule has 0 aliphatic carbocycles. The average molecular weight is 367 g/mol. The van der Waals surface area contributed by atoms with Gasteiger partial charge in [0.1, 0.15) is 0 Å². The van der Waals surface area contributed by atoms with Crippen LogP contribution in [0.5, 0.6) is 0 Å². The lowest BCUT2D eigenvalue weighted by atomic mass is 9.96. The van der Waals surface area contributed by atoms with Crippen molar-refractivity contribution in [2.75, 3.05) is 0 Å². The Morgan fingerprint density at radius 3 is 1.00 bits per heavy atom. The van der Waals surface area contributed by atoms with Gasteiger partial charge in [-0.25, -0.2) is 11.7 Å². The fourth-order valence-corrected chi connectivity index (χ4v) is 0.217. The monoisotopic (exact) mass is 366 g/mol. The molecule has 10 N–H and O–H groups in total. The van der Waals surface area contributed by atoms with Crippen LogP contribution >= 0.6 is 0 Å². The van der Waals surface area contributed by atoms with E-state index in [0.717, 1.165) is 0 Å². The lowest BCUT2D eigenvalue weighted by molar-refractivity contribution is -0.128. The SMILES string of the molecule is CC(C)(C)C(=O)NN.CC(C)(C)N.CC(C)(C)NN.CC(C)(C)ON. The van der Waals surface area contributed by atoms with Gasteiger partial charge < -0.3 is 5.73 Å². The summed E-state index contributed by atoms with van der Waals surface area (Å²) in [4.78, 5) is 15.0. The molecular formula is C17H46N6O2. The van der Waals surface area contributed by atoms with Crippen molar-refractivity contribution in [2.24, 2.45) is 28.7 Å². The lowest BCUT2D eigenvalue weighted by Gasteiger charge is -2.14. The number of nitrogens with two attached hydrogens (primary N) is 4. The van der Waals surface area contributed by atoms with Crippen molar-refractivity contribution in [3.05, 3.63) is 0 Å². The first kappa shape index (κ1) is 31.9. The Bertz CT molecular complexity index is 300. The van der Waals surface area contributed by atoms with Crippen molar-refractivity contribution in [1.82, 2.24) is 10.9 Å². The molecular weight excluding hydrogens is 320 g/mol. The third kappa shape index (κ3) is 59.8. The minimum atomic E-state index is -0.366. The quantitative estimate of drug-likeness (QED) is 0.216. The molecule has 1 amide bonds. The third-order valence-corrected chi connectivity index (χ3v) is 1.60. The second-order valence-electron chi connectivity index (χ2n) is 9.71. The van der Waals surface area contributed by atoms with Crippen LogP contribution in [0.3, 0.4) is 0 Å². The molecule has 0 heterocycles. The Balaban J connectivity index is -0.000000119. The second-order valence-corrected chi connectivity index (χ2v) is 9.71. The van der Waals surface area contributed by atoms with Crippen molar-refractivity contribution < 1.29 is 9.63 Å². The molecule has 0 atom stereocenters. The Hall–Kier alpha value is -0.770. The normalized spacial score (nSPS) is 11.7. The minimum Gasteiger partial charge on any atom is -0.326 e. The zero-order valence-corrected chi connectivity index (χ0v) is 18.6. The summed E-state index contributed by atoms with van der Waals surface area (Å²) in [5.41, 5.74) is 9.55. The predicted molar refractivity (Wildman–Crippen MR) is 108 cm³/mol. The highest BCUT2D eigenvalue weighted by Gasteiger charge is 2.19. The highest BCUT2D eigenvalue weighted by molar-refractivity contribution is 5.80. The van der Waals surface area contributed by atoms with Gasteiger partial charge in [-0.05, 0) is 62.3 Å². The Kier molecular flexibility index (Phi) is 17.2. The molecule has 25 heavy (non-hydrogen) atoms. The van der Waals surface area contributed by atoms with E-state index in [1.807, 2.05) is 62.3 Å². The van der Waals surface area contributed by atoms with Gasteiger partial charge in [0.25, 0.3) is 0 Å². The van der Waals surface area contributed by atoms with Crippen LogP contribution in [-0.2, 0) is 9.63 Å². The average Bonchev–Trinajstić information content (AvgIpc) is 2.34. The zero-order valence-electron chi connectivity index (χ0n) is 18.6. The number of hydrazine groups is 2. The highest BCUT2D eigenvalue weighted by atomic mass is 16.6. The molecule has 0 aromatic heterocycles. The highest BCUT2D eigenvalue weighted by Crippen LogP contribution is 2.11. The van der Waals surface area contributed by atoms with Crippen LogP contribution in [0.4, 0.5) is 0 Å². The summed E-state index contributed by atoms with van der Waals surface area (Å²) in [7, 11) is 0. The Morgan fingerprint density at radius 1 is 0.800 bits per heavy atom. The number of nitrogens with one attached hydrogen (secondary N) is 2. The van der Waals surface area contributed by atoms with Crippen molar-refractivity contribution in [3.8, 4) is 0 Å². The minimum absolute atomic E-state index is 0. The molecule has 0 spiro atoms. The van der Waals surface area contributed by atoms with Gasteiger partial charge in [-0.2, -0.15) is 0 Å². The molecule has 0 unspecified atom stereocenters. The first-order chi connectivity index (χ1) is 10.6. The Labute approximate surface area is 155 Å². The number of amides is 1. The maximum absolute atomic E-state index is 10.6. The van der Waals surface area contributed by atoms with Gasteiger partial charge in [0, 0.05) is 16.5 Å². The smallest absolute Gasteiger partial charge is 0.239 e. The number of rotatable bonds is 0. The second kappa shape index (κ2) is 13.4. The van der Waals surface area contributed by atoms with Crippen molar-refractivity contribution >= 4 is 5.91 Å². The van der Waals surface area contributed by atoms with E-state index < -0.39 is 0 Å². The maximum Gasteiger partial charge on any atom is 0.239 e. The number of carbonyl (C=O) groups is 1. The maximum atomic E-state index is 10.6. The lowest BCUT2D eigenvalue weighted by Crippen LogP contribution is -2.41. The van der Waals surface area contributed by atoms with Crippen LogP contribution in [0.1, 0.15) is 83.1 Å². The van der Waals surface area contributed by atoms with Crippen molar-refractivity contribution in [1.29, 1.82) is 0 Å². The van der Waals surface area contributed by atoms with E-state index in [4.69, 9.17) is 23.3 Å². The molecule has 0 radical (unpaired) electrons. The van der Waals surface area contributed by atoms with Crippen molar-refractivity contribution in [2.45, 2.75) is 99.8 Å². The van der Waals surface area contributed by atoms with Gasteiger partial charge in [0.2, 0.25) is 5.91 Å². The van der Waals surface area contributed by atoms with Gasteiger partial charge in [-0.15, -0.1) is 0 Å². The van der Waals surface area contributed by atoms with Crippen LogP contribution in [0.15, 0.2) is 0 Å². The van der Waals surface area contributed by atoms with E-state index in [1.165, 1.54) is 0 Å². The molecule has 0 saturated heterocycles. The van der Waals surface area contributed by atoms with E-state index in [-0.39, 0.29) is 28.0 Å². The van der Waals surface area contributed by atoms with Crippen molar-refractivity contribution in [3.63, 3.8) is 0 Å². The largest absolute Gasteiger partial charge is 0.326 e. The van der Waals surface area contributed by atoms with E-state index in [0.29, 0.717) is 0 Å². The molecule has 0 saturated carbocycles. The van der Waals surface area contributed by atoms with Crippen LogP contribution in [0.2, 0.25) is 0 Å². The molecule has 0 rings (SSSR count). The Morgan fingerprint density at radius 2 is 1.00 bits per heavy atom. The first-order valence-corrected chi connectivity index (χ1v) is 8.26. The fraction of sp³-hybridized carbons (Fsp3) is 0.941. The van der Waals surface area contributed by atoms with Crippen LogP contribution < -0.4 is 34.2 Å². The molecule has 0 aromatic carbocycles. The summed E-state index contributed by atoms with van der Waals surface area (Å²) in [6.07, 6.45) is 0. The number of carbonyl (C=O) groups excluding carboxylic acids is 1. The summed E-state index contributed by atoms with van der Waals surface area (Å²) in [6, 6.07) is 0. The molecule has 0 aliphatic rings. The van der Waals surface area contributed by atoms with Gasteiger partial charge in [-0.3, -0.25) is 26.3 Å². The van der Waals surface area contributed by atoms with E-state index in [9.17, 15) is 4.79 Å². The van der Waals surface area contributed by atoms with Crippen LogP contribution in [0.25, 0.3) is 0 Å². The molecule has 8 nitrogen and oxygen atoms in total. The number of hydrogen-bond acceptors (Lipinski definition) is 7. The summed E-state index contributed by atoms with van der Waals surface area (Å²) >= 11 is 0. The third-order valence-electron chi connectivity index (χ3n) is 1.60. The summed E-state index contributed by atoms with van der Waals surface area (Å²) in [6.45, 7) is 23.0. The summed E-state index contributed by atoms with van der Waals surface area (Å²) in [5.74, 6) is 14.6. The first-order valence-electron chi connectivity index (χ1n) is 8.26. The van der Waals surface area contributed by atoms with Gasteiger partial charge >= 0.3 is 0 Å². The number of hydrogen-bond donors (Lipinski definition) is 6. The van der Waals surface area contributed by atoms with Crippen LogP contribution in [0, 0.1) is 5.41 Å². The standard InChI is InChI=1S/C5H12N2O.C4H12N2.C4H11NO.C4H11N/c1-5(2,3)4(8)7-6;2*1-4(2,3)6-5;1-4(2,3)5/h6H2,1-3H3,(H,7,8);6H,5H2,1-3H3;5H2,1-3H3;5H2,1-3H3. The molecule has 0 fully saturated rings. The molecule has 0 aromatic rings. The van der Waals surface area contributed by atoms with Gasteiger partial charge in [-0.1, -0.05) is 20.8 Å². The van der Waals surface area contributed by atoms with Gasteiger partial charge in [0.15, 0.2) is 0 Å². The molecule has 8 heteroatoms. The summed E-state index contributed by atoms with van der Waals surface area (Å²) < 4.78 is 0. The molecule has 0 bridgehead atoms. The summed E-state index contributed by atoms with van der Waals surface area (Å²) in [5, 5.41) is 0. The fourth-order valence-electron chi connectivity index (χ4n) is 0.217.